The number of hydrogen-bond donors (Lipinski definition) is 1. The Balaban J connectivity index is 1.46. The van der Waals surface area contributed by atoms with Gasteiger partial charge >= 0.3 is 0 Å². The van der Waals surface area contributed by atoms with Crippen molar-refractivity contribution in [1.82, 2.24) is 5.32 Å². The van der Waals surface area contributed by atoms with Gasteiger partial charge in [0, 0.05) is 25.7 Å². The summed E-state index contributed by atoms with van der Waals surface area (Å²) in [5.41, 5.74) is 0.0934. The van der Waals surface area contributed by atoms with Crippen LogP contribution in [0.3, 0.4) is 0 Å². The SMILES string of the molecule is CCNC(CCC1CCOC2(CCOC2)C1)C1CC1. The van der Waals surface area contributed by atoms with Gasteiger partial charge < -0.3 is 14.8 Å². The lowest BCUT2D eigenvalue weighted by Gasteiger charge is -2.37. The lowest BCUT2D eigenvalue weighted by atomic mass is 9.82. The Morgan fingerprint density at radius 2 is 2.16 bits per heavy atom. The molecule has 2 saturated heterocycles. The highest BCUT2D eigenvalue weighted by Crippen LogP contribution is 2.39. The van der Waals surface area contributed by atoms with Crippen molar-refractivity contribution >= 4 is 0 Å². The van der Waals surface area contributed by atoms with E-state index < -0.39 is 0 Å². The van der Waals surface area contributed by atoms with Crippen molar-refractivity contribution < 1.29 is 9.47 Å². The maximum atomic E-state index is 6.03. The summed E-state index contributed by atoms with van der Waals surface area (Å²) in [6, 6.07) is 0.781. The molecule has 1 spiro atoms. The summed E-state index contributed by atoms with van der Waals surface area (Å²) in [5.74, 6) is 1.83. The predicted octanol–water partition coefficient (Wildman–Crippen LogP) is 2.74. The Hall–Kier alpha value is -0.120. The lowest BCUT2D eigenvalue weighted by Crippen LogP contribution is -2.41. The molecule has 2 heterocycles. The Morgan fingerprint density at radius 3 is 2.84 bits per heavy atom. The quantitative estimate of drug-likeness (QED) is 0.802. The van der Waals surface area contributed by atoms with Gasteiger partial charge in [0.05, 0.1) is 12.2 Å². The molecule has 3 aliphatic rings. The highest BCUT2D eigenvalue weighted by molar-refractivity contribution is 4.92. The second-order valence-corrected chi connectivity index (χ2v) is 6.77. The molecular formula is C16H29NO2. The van der Waals surface area contributed by atoms with Gasteiger partial charge in [-0.05, 0) is 56.9 Å². The Kier molecular flexibility index (Phi) is 4.45. The van der Waals surface area contributed by atoms with Crippen LogP contribution in [0.5, 0.6) is 0 Å². The van der Waals surface area contributed by atoms with Crippen molar-refractivity contribution in [3.63, 3.8) is 0 Å². The fourth-order valence-electron chi connectivity index (χ4n) is 3.92. The smallest absolute Gasteiger partial charge is 0.0939 e. The number of nitrogens with one attached hydrogen (secondary N) is 1. The second kappa shape index (κ2) is 6.11. The van der Waals surface area contributed by atoms with E-state index in [0.29, 0.717) is 0 Å². The first-order chi connectivity index (χ1) is 9.31. The summed E-state index contributed by atoms with van der Waals surface area (Å²) in [7, 11) is 0. The molecule has 0 bridgehead atoms. The van der Waals surface area contributed by atoms with Crippen LogP contribution in [0, 0.1) is 11.8 Å². The molecule has 3 heteroatoms. The van der Waals surface area contributed by atoms with Crippen LogP contribution in [0.15, 0.2) is 0 Å². The predicted molar refractivity (Wildman–Crippen MR) is 76.3 cm³/mol. The van der Waals surface area contributed by atoms with E-state index in [4.69, 9.17) is 9.47 Å². The minimum atomic E-state index is 0.0934. The molecule has 3 unspecified atom stereocenters. The Labute approximate surface area is 117 Å². The Bertz CT molecular complexity index is 284. The van der Waals surface area contributed by atoms with E-state index in [-0.39, 0.29) is 5.60 Å². The number of ether oxygens (including phenoxy) is 2. The maximum absolute atomic E-state index is 6.03. The molecule has 1 aliphatic carbocycles. The zero-order chi connectivity index (χ0) is 13.1. The summed E-state index contributed by atoms with van der Waals surface area (Å²) in [5, 5.41) is 3.69. The van der Waals surface area contributed by atoms with Crippen LogP contribution >= 0.6 is 0 Å². The molecule has 0 aromatic rings. The molecule has 2 aliphatic heterocycles. The molecule has 3 nitrogen and oxygen atoms in total. The third-order valence-corrected chi connectivity index (χ3v) is 5.21. The van der Waals surface area contributed by atoms with Gasteiger partial charge in [0.15, 0.2) is 0 Å². The molecule has 110 valence electrons. The van der Waals surface area contributed by atoms with Crippen molar-refractivity contribution in [3.8, 4) is 0 Å². The van der Waals surface area contributed by atoms with E-state index in [2.05, 4.69) is 12.2 Å². The van der Waals surface area contributed by atoms with Crippen molar-refractivity contribution in [2.45, 2.75) is 63.5 Å². The fraction of sp³-hybridized carbons (Fsp3) is 1.00. The highest BCUT2D eigenvalue weighted by Gasteiger charge is 2.41. The minimum absolute atomic E-state index is 0.0934. The Morgan fingerprint density at radius 1 is 1.26 bits per heavy atom. The third-order valence-electron chi connectivity index (χ3n) is 5.21. The van der Waals surface area contributed by atoms with E-state index in [9.17, 15) is 0 Å². The summed E-state index contributed by atoms with van der Waals surface area (Å²) in [4.78, 5) is 0. The first kappa shape index (κ1) is 13.8. The molecule has 19 heavy (non-hydrogen) atoms. The average Bonchev–Trinajstić information content (AvgIpc) is 3.18. The standard InChI is InChI=1S/C16H29NO2/c1-2-17-15(14-4-5-14)6-3-13-7-9-19-16(11-13)8-10-18-12-16/h13-15,17H,2-12H2,1H3. The van der Waals surface area contributed by atoms with Crippen LogP contribution in [0.25, 0.3) is 0 Å². The van der Waals surface area contributed by atoms with Gasteiger partial charge in [0.2, 0.25) is 0 Å². The molecule has 0 radical (unpaired) electrons. The molecule has 3 rings (SSSR count). The first-order valence-corrected chi connectivity index (χ1v) is 8.26. The monoisotopic (exact) mass is 267 g/mol. The highest BCUT2D eigenvalue weighted by atomic mass is 16.6. The van der Waals surface area contributed by atoms with Gasteiger partial charge in [-0.2, -0.15) is 0 Å². The molecule has 0 aromatic heterocycles. The zero-order valence-corrected chi connectivity index (χ0v) is 12.3. The summed E-state index contributed by atoms with van der Waals surface area (Å²) >= 11 is 0. The summed E-state index contributed by atoms with van der Waals surface area (Å²) in [6.07, 6.45) is 9.23. The van der Waals surface area contributed by atoms with Crippen molar-refractivity contribution in [2.75, 3.05) is 26.4 Å². The fourth-order valence-corrected chi connectivity index (χ4v) is 3.92. The normalized spacial score (nSPS) is 36.8. The molecule has 3 atom stereocenters. The van der Waals surface area contributed by atoms with Crippen LogP contribution in [0.4, 0.5) is 0 Å². The van der Waals surface area contributed by atoms with Gasteiger partial charge in [0.25, 0.3) is 0 Å². The van der Waals surface area contributed by atoms with Crippen LogP contribution < -0.4 is 5.32 Å². The van der Waals surface area contributed by atoms with Gasteiger partial charge in [-0.1, -0.05) is 6.92 Å². The van der Waals surface area contributed by atoms with Gasteiger partial charge in [-0.25, -0.2) is 0 Å². The topological polar surface area (TPSA) is 30.5 Å². The van der Waals surface area contributed by atoms with Gasteiger partial charge in [-0.15, -0.1) is 0 Å². The molecule has 1 N–H and O–H groups in total. The number of hydrogen-bond acceptors (Lipinski definition) is 3. The average molecular weight is 267 g/mol. The third kappa shape index (κ3) is 3.50. The molecule has 0 amide bonds. The van der Waals surface area contributed by atoms with E-state index >= 15 is 0 Å². The molecular weight excluding hydrogens is 238 g/mol. The molecule has 0 aromatic carbocycles. The van der Waals surface area contributed by atoms with Gasteiger partial charge in [-0.3, -0.25) is 0 Å². The number of rotatable bonds is 6. The van der Waals surface area contributed by atoms with Crippen LogP contribution in [0.1, 0.15) is 51.9 Å². The van der Waals surface area contributed by atoms with Crippen molar-refractivity contribution in [3.05, 3.63) is 0 Å². The second-order valence-electron chi connectivity index (χ2n) is 6.77. The largest absolute Gasteiger partial charge is 0.378 e. The first-order valence-electron chi connectivity index (χ1n) is 8.26. The van der Waals surface area contributed by atoms with E-state index in [1.807, 2.05) is 0 Å². The maximum Gasteiger partial charge on any atom is 0.0939 e. The van der Waals surface area contributed by atoms with Crippen LogP contribution in [-0.4, -0.2) is 38.0 Å². The molecule has 3 fully saturated rings. The zero-order valence-electron chi connectivity index (χ0n) is 12.3. The van der Waals surface area contributed by atoms with Crippen LogP contribution in [0.2, 0.25) is 0 Å². The van der Waals surface area contributed by atoms with Gasteiger partial charge in [0.1, 0.15) is 0 Å². The minimum Gasteiger partial charge on any atom is -0.378 e. The van der Waals surface area contributed by atoms with Crippen molar-refractivity contribution in [1.29, 1.82) is 0 Å². The van der Waals surface area contributed by atoms with Crippen LogP contribution in [-0.2, 0) is 9.47 Å². The van der Waals surface area contributed by atoms with E-state index in [1.165, 1.54) is 38.5 Å². The summed E-state index contributed by atoms with van der Waals surface area (Å²) in [6.45, 7) is 6.03. The summed E-state index contributed by atoms with van der Waals surface area (Å²) < 4.78 is 11.6. The van der Waals surface area contributed by atoms with E-state index in [0.717, 1.165) is 50.7 Å². The lowest BCUT2D eigenvalue weighted by molar-refractivity contribution is -0.0992. The molecule has 1 saturated carbocycles. The van der Waals surface area contributed by atoms with Crippen molar-refractivity contribution in [2.24, 2.45) is 11.8 Å². The van der Waals surface area contributed by atoms with E-state index in [1.54, 1.807) is 0 Å².